The van der Waals surface area contributed by atoms with Crippen LogP contribution in [0.5, 0.6) is 5.75 Å². The lowest BCUT2D eigenvalue weighted by atomic mass is 10.2. The number of para-hydroxylation sites is 1. The lowest BCUT2D eigenvalue weighted by Gasteiger charge is -2.08. The SMILES string of the molecule is Cc1ccccc1OCCSc1nnc(-c2cccc(Cl)c2)n1N. The zero-order valence-electron chi connectivity index (χ0n) is 13.1. The first-order valence-electron chi connectivity index (χ1n) is 7.43. The molecule has 0 unspecified atom stereocenters. The molecule has 124 valence electrons. The van der Waals surface area contributed by atoms with E-state index in [1.54, 1.807) is 6.07 Å². The van der Waals surface area contributed by atoms with E-state index < -0.39 is 0 Å². The van der Waals surface area contributed by atoms with Gasteiger partial charge in [0.25, 0.3) is 0 Å². The van der Waals surface area contributed by atoms with E-state index in [9.17, 15) is 0 Å². The van der Waals surface area contributed by atoms with Gasteiger partial charge in [0.05, 0.1) is 6.61 Å². The normalized spacial score (nSPS) is 10.8. The van der Waals surface area contributed by atoms with Crippen LogP contribution in [0, 0.1) is 6.92 Å². The van der Waals surface area contributed by atoms with Crippen molar-refractivity contribution in [3.63, 3.8) is 0 Å². The minimum Gasteiger partial charge on any atom is -0.492 e. The lowest BCUT2D eigenvalue weighted by molar-refractivity contribution is 0.341. The first-order valence-corrected chi connectivity index (χ1v) is 8.79. The van der Waals surface area contributed by atoms with Gasteiger partial charge in [-0.25, -0.2) is 4.68 Å². The summed E-state index contributed by atoms with van der Waals surface area (Å²) in [4.78, 5) is 0. The minimum atomic E-state index is 0.564. The Morgan fingerprint density at radius 2 is 2.00 bits per heavy atom. The van der Waals surface area contributed by atoms with Gasteiger partial charge in [0, 0.05) is 16.3 Å². The highest BCUT2D eigenvalue weighted by atomic mass is 35.5. The van der Waals surface area contributed by atoms with Crippen LogP contribution < -0.4 is 10.6 Å². The summed E-state index contributed by atoms with van der Waals surface area (Å²) in [5.74, 6) is 8.29. The fourth-order valence-corrected chi connectivity index (χ4v) is 3.07. The van der Waals surface area contributed by atoms with Crippen LogP contribution in [0.1, 0.15) is 5.56 Å². The number of rotatable bonds is 6. The Hall–Kier alpha value is -2.18. The van der Waals surface area contributed by atoms with E-state index in [2.05, 4.69) is 10.2 Å². The molecule has 0 bridgehead atoms. The first-order chi connectivity index (χ1) is 11.6. The van der Waals surface area contributed by atoms with Crippen LogP contribution in [0.3, 0.4) is 0 Å². The van der Waals surface area contributed by atoms with Crippen LogP contribution >= 0.6 is 23.4 Å². The molecule has 0 saturated carbocycles. The second kappa shape index (κ2) is 7.59. The highest BCUT2D eigenvalue weighted by molar-refractivity contribution is 7.99. The van der Waals surface area contributed by atoms with Crippen molar-refractivity contribution in [2.24, 2.45) is 0 Å². The largest absolute Gasteiger partial charge is 0.492 e. The Morgan fingerprint density at radius 3 is 2.79 bits per heavy atom. The Balaban J connectivity index is 1.60. The van der Waals surface area contributed by atoms with E-state index in [-0.39, 0.29) is 0 Å². The van der Waals surface area contributed by atoms with E-state index in [1.807, 2.05) is 49.4 Å². The Morgan fingerprint density at radius 1 is 1.17 bits per heavy atom. The summed E-state index contributed by atoms with van der Waals surface area (Å²) >= 11 is 7.51. The number of aromatic nitrogens is 3. The van der Waals surface area contributed by atoms with Gasteiger partial charge in [-0.05, 0) is 30.7 Å². The van der Waals surface area contributed by atoms with Crippen molar-refractivity contribution in [1.29, 1.82) is 0 Å². The van der Waals surface area contributed by atoms with E-state index in [4.69, 9.17) is 22.2 Å². The Labute approximate surface area is 149 Å². The van der Waals surface area contributed by atoms with Gasteiger partial charge in [-0.1, -0.05) is 53.7 Å². The smallest absolute Gasteiger partial charge is 0.210 e. The number of nitrogen functional groups attached to an aromatic ring is 1. The second-order valence-corrected chi connectivity index (χ2v) is 6.65. The molecule has 0 amide bonds. The van der Waals surface area contributed by atoms with Gasteiger partial charge >= 0.3 is 0 Å². The van der Waals surface area contributed by atoms with Crippen molar-refractivity contribution in [3.05, 3.63) is 59.1 Å². The van der Waals surface area contributed by atoms with Crippen molar-refractivity contribution >= 4 is 23.4 Å². The molecular formula is C17H17ClN4OS. The van der Waals surface area contributed by atoms with Gasteiger partial charge in [0.2, 0.25) is 5.16 Å². The summed E-state index contributed by atoms with van der Waals surface area (Å²) in [6.45, 7) is 2.59. The summed E-state index contributed by atoms with van der Waals surface area (Å²) < 4.78 is 7.25. The molecule has 0 aliphatic heterocycles. The summed E-state index contributed by atoms with van der Waals surface area (Å²) in [6, 6.07) is 15.3. The molecule has 7 heteroatoms. The van der Waals surface area contributed by atoms with E-state index in [0.717, 1.165) is 22.6 Å². The van der Waals surface area contributed by atoms with Crippen molar-refractivity contribution in [1.82, 2.24) is 14.9 Å². The maximum absolute atomic E-state index is 6.09. The van der Waals surface area contributed by atoms with Crippen molar-refractivity contribution in [3.8, 4) is 17.1 Å². The summed E-state index contributed by atoms with van der Waals surface area (Å²) in [5, 5.41) is 9.55. The third kappa shape index (κ3) is 3.83. The van der Waals surface area contributed by atoms with Crippen molar-refractivity contribution in [2.45, 2.75) is 12.1 Å². The van der Waals surface area contributed by atoms with Crippen LogP contribution in [-0.2, 0) is 0 Å². The summed E-state index contributed by atoms with van der Waals surface area (Å²) in [5.41, 5.74) is 1.95. The maximum atomic E-state index is 6.09. The zero-order chi connectivity index (χ0) is 16.9. The molecule has 1 aromatic heterocycles. The highest BCUT2D eigenvalue weighted by Crippen LogP contribution is 2.24. The Kier molecular flexibility index (Phi) is 5.27. The van der Waals surface area contributed by atoms with Gasteiger partial charge in [0.15, 0.2) is 5.82 Å². The van der Waals surface area contributed by atoms with E-state index >= 15 is 0 Å². The van der Waals surface area contributed by atoms with Crippen LogP contribution in [0.25, 0.3) is 11.4 Å². The predicted octanol–water partition coefficient (Wildman–Crippen LogP) is 3.79. The van der Waals surface area contributed by atoms with Crippen LogP contribution in [0.2, 0.25) is 5.02 Å². The molecule has 2 N–H and O–H groups in total. The van der Waals surface area contributed by atoms with Crippen molar-refractivity contribution in [2.75, 3.05) is 18.2 Å². The monoisotopic (exact) mass is 360 g/mol. The zero-order valence-corrected chi connectivity index (χ0v) is 14.7. The molecule has 0 aliphatic carbocycles. The number of hydrogen-bond donors (Lipinski definition) is 1. The number of hydrogen-bond acceptors (Lipinski definition) is 5. The number of nitrogens with zero attached hydrogens (tertiary/aromatic N) is 3. The van der Waals surface area contributed by atoms with E-state index in [0.29, 0.717) is 22.6 Å². The van der Waals surface area contributed by atoms with Gasteiger partial charge < -0.3 is 10.6 Å². The van der Waals surface area contributed by atoms with Gasteiger partial charge in [-0.3, -0.25) is 0 Å². The molecule has 0 fully saturated rings. The van der Waals surface area contributed by atoms with Gasteiger partial charge in [0.1, 0.15) is 5.75 Å². The topological polar surface area (TPSA) is 66.0 Å². The second-order valence-electron chi connectivity index (χ2n) is 5.15. The summed E-state index contributed by atoms with van der Waals surface area (Å²) in [6.07, 6.45) is 0. The fraction of sp³-hybridized carbons (Fsp3) is 0.176. The standard InChI is InChI=1S/C17H17ClN4OS/c1-12-5-2-3-8-15(12)23-9-10-24-17-21-20-16(22(17)19)13-6-4-7-14(18)11-13/h2-8,11H,9-10,19H2,1H3. The average Bonchev–Trinajstić information content (AvgIpc) is 2.94. The van der Waals surface area contributed by atoms with Gasteiger partial charge in [-0.15, -0.1) is 10.2 Å². The maximum Gasteiger partial charge on any atom is 0.210 e. The number of ether oxygens (including phenoxy) is 1. The molecule has 24 heavy (non-hydrogen) atoms. The molecule has 0 spiro atoms. The number of aryl methyl sites for hydroxylation is 1. The Bertz CT molecular complexity index is 837. The third-order valence-corrected chi connectivity index (χ3v) is 4.56. The fourth-order valence-electron chi connectivity index (χ4n) is 2.20. The number of halogens is 1. The van der Waals surface area contributed by atoms with Gasteiger partial charge in [-0.2, -0.15) is 0 Å². The molecule has 0 aliphatic rings. The number of benzene rings is 2. The average molecular weight is 361 g/mol. The molecule has 3 aromatic rings. The molecule has 0 radical (unpaired) electrons. The quantitative estimate of drug-likeness (QED) is 0.411. The molecule has 3 rings (SSSR count). The first kappa shape index (κ1) is 16.7. The number of nitrogens with two attached hydrogens (primary N) is 1. The lowest BCUT2D eigenvalue weighted by Crippen LogP contribution is -2.12. The highest BCUT2D eigenvalue weighted by Gasteiger charge is 2.12. The molecule has 0 atom stereocenters. The van der Waals surface area contributed by atoms with Crippen LogP contribution in [0.4, 0.5) is 0 Å². The predicted molar refractivity (Wildman–Crippen MR) is 98.0 cm³/mol. The molecular weight excluding hydrogens is 344 g/mol. The minimum absolute atomic E-state index is 0.564. The van der Waals surface area contributed by atoms with Crippen molar-refractivity contribution < 1.29 is 4.74 Å². The molecule has 2 aromatic carbocycles. The molecule has 0 saturated heterocycles. The number of thioether (sulfide) groups is 1. The van der Waals surface area contributed by atoms with Crippen LogP contribution in [0.15, 0.2) is 53.7 Å². The third-order valence-electron chi connectivity index (χ3n) is 3.41. The molecule has 1 heterocycles. The summed E-state index contributed by atoms with van der Waals surface area (Å²) in [7, 11) is 0. The molecule has 5 nitrogen and oxygen atoms in total. The van der Waals surface area contributed by atoms with Crippen LogP contribution in [-0.4, -0.2) is 27.2 Å². The van der Waals surface area contributed by atoms with E-state index in [1.165, 1.54) is 16.4 Å².